The molecule has 0 radical (unpaired) electrons. The van der Waals surface area contributed by atoms with Gasteiger partial charge in [-0.05, 0) is 74.4 Å². The zero-order valence-electron chi connectivity index (χ0n) is 25.2. The number of carbonyl (C=O) groups excluding carboxylic acids is 2. The third kappa shape index (κ3) is 9.23. The van der Waals surface area contributed by atoms with Crippen molar-refractivity contribution in [2.75, 3.05) is 6.26 Å². The average molecular weight is 607 g/mol. The minimum Gasteiger partial charge on any atom is -0.444 e. The molecule has 0 aromatic heterocycles. The van der Waals surface area contributed by atoms with E-state index in [0.717, 1.165) is 22.3 Å². The van der Waals surface area contributed by atoms with Crippen LogP contribution in [0, 0.1) is 5.92 Å². The SMILES string of the molecule is C[S@](=O)c1ccc(CC(CC(O)C(Cc2ccccc2)NC(=O)OC(C)(C)C)C(=O)NC2c3ccccc3CC2O)cc1. The van der Waals surface area contributed by atoms with Gasteiger partial charge in [-0.3, -0.25) is 9.00 Å². The summed E-state index contributed by atoms with van der Waals surface area (Å²) in [6, 6.07) is 23.1. The number of benzene rings is 3. The number of rotatable bonds is 11. The van der Waals surface area contributed by atoms with Gasteiger partial charge in [-0.25, -0.2) is 4.79 Å². The summed E-state index contributed by atoms with van der Waals surface area (Å²) < 4.78 is 17.4. The van der Waals surface area contributed by atoms with Crippen LogP contribution in [-0.4, -0.2) is 56.5 Å². The van der Waals surface area contributed by atoms with Crippen LogP contribution in [0.4, 0.5) is 4.79 Å². The van der Waals surface area contributed by atoms with Gasteiger partial charge >= 0.3 is 6.09 Å². The molecule has 0 heterocycles. The van der Waals surface area contributed by atoms with E-state index < -0.39 is 52.7 Å². The van der Waals surface area contributed by atoms with Gasteiger partial charge in [0.2, 0.25) is 5.91 Å². The molecule has 9 heteroatoms. The third-order valence-corrected chi connectivity index (χ3v) is 8.54. The molecule has 0 bridgehead atoms. The zero-order valence-corrected chi connectivity index (χ0v) is 26.0. The molecule has 6 atom stereocenters. The van der Waals surface area contributed by atoms with Crippen LogP contribution in [0.1, 0.15) is 55.5 Å². The van der Waals surface area contributed by atoms with Crippen LogP contribution in [0.15, 0.2) is 83.8 Å². The highest BCUT2D eigenvalue weighted by Gasteiger charge is 2.35. The summed E-state index contributed by atoms with van der Waals surface area (Å²) in [5.74, 6) is -0.995. The maximum Gasteiger partial charge on any atom is 0.407 e. The fourth-order valence-corrected chi connectivity index (χ4v) is 5.99. The van der Waals surface area contributed by atoms with Crippen LogP contribution in [0.3, 0.4) is 0 Å². The summed E-state index contributed by atoms with van der Waals surface area (Å²) in [5, 5.41) is 28.2. The molecule has 0 saturated heterocycles. The first-order chi connectivity index (χ1) is 20.4. The minimum atomic E-state index is -1.13. The van der Waals surface area contributed by atoms with Crippen molar-refractivity contribution in [1.29, 1.82) is 0 Å². The van der Waals surface area contributed by atoms with Crippen LogP contribution < -0.4 is 10.6 Å². The van der Waals surface area contributed by atoms with Gasteiger partial charge in [0.15, 0.2) is 0 Å². The Bertz CT molecular complexity index is 1410. The first-order valence-corrected chi connectivity index (χ1v) is 16.2. The monoisotopic (exact) mass is 606 g/mol. The van der Waals surface area contributed by atoms with Crippen LogP contribution in [-0.2, 0) is 39.6 Å². The number of amides is 2. The lowest BCUT2D eigenvalue weighted by atomic mass is 9.88. The summed E-state index contributed by atoms with van der Waals surface area (Å²) >= 11 is 0. The van der Waals surface area contributed by atoms with Crippen molar-refractivity contribution >= 4 is 22.8 Å². The normalized spacial score (nSPS) is 19.0. The molecular weight excluding hydrogens is 564 g/mol. The van der Waals surface area contributed by atoms with Gasteiger partial charge in [0.1, 0.15) is 5.60 Å². The van der Waals surface area contributed by atoms with Crippen molar-refractivity contribution in [3.63, 3.8) is 0 Å². The molecule has 4 N–H and O–H groups in total. The summed E-state index contributed by atoms with van der Waals surface area (Å²) in [5.41, 5.74) is 2.91. The molecule has 3 aromatic rings. The van der Waals surface area contributed by atoms with Crippen LogP contribution in [0.25, 0.3) is 0 Å². The molecule has 0 spiro atoms. The Balaban J connectivity index is 1.58. The number of nitrogens with one attached hydrogen (secondary N) is 2. The topological polar surface area (TPSA) is 125 Å². The Labute approximate surface area is 256 Å². The van der Waals surface area contributed by atoms with E-state index in [1.54, 1.807) is 39.2 Å². The predicted molar refractivity (Wildman–Crippen MR) is 167 cm³/mol. The number of fused-ring (bicyclic) bond motifs is 1. The Morgan fingerprint density at radius 2 is 1.58 bits per heavy atom. The second-order valence-electron chi connectivity index (χ2n) is 12.2. The molecule has 1 aliphatic rings. The van der Waals surface area contributed by atoms with Crippen LogP contribution in [0.5, 0.6) is 0 Å². The van der Waals surface area contributed by atoms with E-state index >= 15 is 0 Å². The second-order valence-corrected chi connectivity index (χ2v) is 13.6. The number of ether oxygens (including phenoxy) is 1. The van der Waals surface area contributed by atoms with Crippen LogP contribution in [0.2, 0.25) is 0 Å². The van der Waals surface area contributed by atoms with Crippen molar-refractivity contribution in [3.05, 3.63) is 101 Å². The lowest BCUT2D eigenvalue weighted by molar-refractivity contribution is -0.127. The van der Waals surface area contributed by atoms with Crippen molar-refractivity contribution in [1.82, 2.24) is 10.6 Å². The average Bonchev–Trinajstić information content (AvgIpc) is 3.26. The Morgan fingerprint density at radius 3 is 2.23 bits per heavy atom. The van der Waals surface area contributed by atoms with Gasteiger partial charge in [-0.15, -0.1) is 0 Å². The lowest BCUT2D eigenvalue weighted by Gasteiger charge is -2.29. The standard InChI is InChI=1S/C34H42N2O6S/c1-34(2,3)42-33(40)35-28(19-22-10-6-5-7-11-22)29(37)21-25(18-23-14-16-26(17-15-23)43(4)41)32(39)36-31-27-13-9-8-12-24(27)20-30(31)38/h5-17,25,28-31,37-38H,18-21H2,1-4H3,(H,35,40)(H,36,39)/t25?,28?,29?,30?,31?,43-/m0/s1. The molecule has 5 unspecified atom stereocenters. The fraction of sp³-hybridized carbons (Fsp3) is 0.412. The number of hydrogen-bond acceptors (Lipinski definition) is 6. The molecule has 8 nitrogen and oxygen atoms in total. The molecule has 43 heavy (non-hydrogen) atoms. The first-order valence-electron chi connectivity index (χ1n) is 14.6. The number of carbonyl (C=O) groups is 2. The Morgan fingerprint density at radius 1 is 0.953 bits per heavy atom. The van der Waals surface area contributed by atoms with E-state index in [0.29, 0.717) is 24.2 Å². The smallest absolute Gasteiger partial charge is 0.407 e. The Kier molecular flexibility index (Phi) is 10.8. The van der Waals surface area contributed by atoms with Crippen molar-refractivity contribution < 1.29 is 28.7 Å². The number of aliphatic hydroxyl groups excluding tert-OH is 2. The van der Waals surface area contributed by atoms with Gasteiger partial charge in [-0.1, -0.05) is 66.7 Å². The zero-order chi connectivity index (χ0) is 31.1. The lowest BCUT2D eigenvalue weighted by Crippen LogP contribution is -2.48. The number of hydrogen-bond donors (Lipinski definition) is 4. The maximum atomic E-state index is 13.9. The van der Waals surface area contributed by atoms with E-state index in [1.807, 2.05) is 66.7 Å². The molecular formula is C34H42N2O6S. The highest BCUT2D eigenvalue weighted by Crippen LogP contribution is 2.32. The van der Waals surface area contributed by atoms with Gasteiger partial charge in [0.05, 0.1) is 24.3 Å². The molecule has 0 aliphatic heterocycles. The van der Waals surface area contributed by atoms with Crippen molar-refractivity contribution in [3.8, 4) is 0 Å². The Hall–Kier alpha value is -3.53. The maximum absolute atomic E-state index is 13.9. The fourth-order valence-electron chi connectivity index (χ4n) is 5.47. The second kappa shape index (κ2) is 14.3. The molecule has 3 aromatic carbocycles. The molecule has 0 saturated carbocycles. The van der Waals surface area contributed by atoms with E-state index in [1.165, 1.54) is 0 Å². The van der Waals surface area contributed by atoms with Crippen molar-refractivity contribution in [2.24, 2.45) is 5.92 Å². The highest BCUT2D eigenvalue weighted by molar-refractivity contribution is 7.84. The highest BCUT2D eigenvalue weighted by atomic mass is 32.2. The minimum absolute atomic E-state index is 0.0467. The molecule has 230 valence electrons. The number of aliphatic hydroxyl groups is 2. The van der Waals surface area contributed by atoms with Gasteiger partial charge in [0, 0.05) is 34.3 Å². The van der Waals surface area contributed by atoms with E-state index in [9.17, 15) is 24.0 Å². The summed E-state index contributed by atoms with van der Waals surface area (Å²) in [7, 11) is -1.13. The summed E-state index contributed by atoms with van der Waals surface area (Å²) in [4.78, 5) is 27.3. The van der Waals surface area contributed by atoms with E-state index in [4.69, 9.17) is 4.74 Å². The van der Waals surface area contributed by atoms with Gasteiger partial charge < -0.3 is 25.6 Å². The molecule has 4 rings (SSSR count). The van der Waals surface area contributed by atoms with Crippen LogP contribution >= 0.6 is 0 Å². The number of alkyl carbamates (subject to hydrolysis) is 1. The largest absolute Gasteiger partial charge is 0.444 e. The van der Waals surface area contributed by atoms with E-state index in [-0.39, 0.29) is 12.3 Å². The first kappa shape index (κ1) is 32.4. The predicted octanol–water partition coefficient (Wildman–Crippen LogP) is 4.24. The summed E-state index contributed by atoms with van der Waals surface area (Å²) in [6.45, 7) is 5.31. The van der Waals surface area contributed by atoms with Crippen molar-refractivity contribution in [2.45, 2.75) is 81.2 Å². The molecule has 1 aliphatic carbocycles. The molecule has 0 fully saturated rings. The van der Waals surface area contributed by atoms with E-state index in [2.05, 4.69) is 10.6 Å². The molecule has 2 amide bonds. The quantitative estimate of drug-likeness (QED) is 0.259. The van der Waals surface area contributed by atoms with Gasteiger partial charge in [-0.2, -0.15) is 0 Å². The third-order valence-electron chi connectivity index (χ3n) is 7.60. The van der Waals surface area contributed by atoms with Gasteiger partial charge in [0.25, 0.3) is 0 Å². The summed E-state index contributed by atoms with van der Waals surface area (Å²) in [6.07, 6.45) is 0.236.